The largest absolute Gasteiger partial charge is 0.404 e. The lowest BCUT2D eigenvalue weighted by atomic mass is 10.3. The van der Waals surface area contributed by atoms with E-state index in [1.165, 1.54) is 6.20 Å². The summed E-state index contributed by atoms with van der Waals surface area (Å²) < 4.78 is 0. The molecular weight excluding hydrogens is 184 g/mol. The molecule has 68 valence electrons. The van der Waals surface area contributed by atoms with E-state index < -0.39 is 0 Å². The molecular formula is C10H11ClN2. The molecule has 0 saturated carbocycles. The molecule has 0 atom stereocenters. The van der Waals surface area contributed by atoms with E-state index in [1.807, 2.05) is 25.1 Å². The van der Waals surface area contributed by atoms with Crippen molar-refractivity contribution in [2.45, 2.75) is 6.92 Å². The molecule has 0 unspecified atom stereocenters. The minimum absolute atomic E-state index is 0.684. The Morgan fingerprint density at radius 2 is 2.31 bits per heavy atom. The Hall–Kier alpha value is -1.28. The van der Waals surface area contributed by atoms with Crippen LogP contribution in [0.25, 0.3) is 0 Å². The third-order valence-electron chi connectivity index (χ3n) is 1.49. The SMILES string of the molecule is C/C(C=Nc1cccc(Cl)c1)=C/N. The maximum absolute atomic E-state index is 5.78. The van der Waals surface area contributed by atoms with Crippen molar-refractivity contribution in [3.8, 4) is 0 Å². The molecule has 2 N–H and O–H groups in total. The molecule has 0 saturated heterocycles. The van der Waals surface area contributed by atoms with Gasteiger partial charge in [-0.15, -0.1) is 0 Å². The first-order valence-corrected chi connectivity index (χ1v) is 4.28. The highest BCUT2D eigenvalue weighted by molar-refractivity contribution is 6.30. The van der Waals surface area contributed by atoms with E-state index in [-0.39, 0.29) is 0 Å². The van der Waals surface area contributed by atoms with Gasteiger partial charge in [-0.1, -0.05) is 17.7 Å². The molecule has 1 rings (SSSR count). The Labute approximate surface area is 82.7 Å². The molecule has 0 aliphatic rings. The summed E-state index contributed by atoms with van der Waals surface area (Å²) in [4.78, 5) is 4.18. The van der Waals surface area contributed by atoms with Crippen LogP contribution in [0.4, 0.5) is 5.69 Å². The Balaban J connectivity index is 2.80. The van der Waals surface area contributed by atoms with Crippen LogP contribution in [0.1, 0.15) is 6.92 Å². The first-order chi connectivity index (χ1) is 6.22. The van der Waals surface area contributed by atoms with Crippen molar-refractivity contribution in [1.29, 1.82) is 0 Å². The maximum atomic E-state index is 5.78. The van der Waals surface area contributed by atoms with E-state index in [0.29, 0.717) is 5.02 Å². The first-order valence-electron chi connectivity index (χ1n) is 3.90. The summed E-state index contributed by atoms with van der Waals surface area (Å²) in [7, 11) is 0. The summed E-state index contributed by atoms with van der Waals surface area (Å²) in [5, 5.41) is 0.684. The summed E-state index contributed by atoms with van der Waals surface area (Å²) in [6.07, 6.45) is 3.21. The zero-order valence-electron chi connectivity index (χ0n) is 7.37. The van der Waals surface area contributed by atoms with Gasteiger partial charge in [0.25, 0.3) is 0 Å². The van der Waals surface area contributed by atoms with Crippen molar-refractivity contribution in [3.05, 3.63) is 41.1 Å². The van der Waals surface area contributed by atoms with Crippen LogP contribution in [0.5, 0.6) is 0 Å². The standard InChI is InChI=1S/C10H11ClN2/c1-8(6-12)7-13-10-4-2-3-9(11)5-10/h2-7H,12H2,1H3/b8-6-,13-7?. The van der Waals surface area contributed by atoms with Crippen LogP contribution >= 0.6 is 11.6 Å². The van der Waals surface area contributed by atoms with Gasteiger partial charge in [-0.05, 0) is 36.9 Å². The minimum Gasteiger partial charge on any atom is -0.404 e. The van der Waals surface area contributed by atoms with Gasteiger partial charge in [0, 0.05) is 11.2 Å². The van der Waals surface area contributed by atoms with Gasteiger partial charge in [-0.3, -0.25) is 4.99 Å². The van der Waals surface area contributed by atoms with Crippen LogP contribution in [0.15, 0.2) is 41.0 Å². The highest BCUT2D eigenvalue weighted by Gasteiger charge is 1.89. The number of benzene rings is 1. The average Bonchev–Trinajstić information content (AvgIpc) is 2.14. The average molecular weight is 195 g/mol. The topological polar surface area (TPSA) is 38.4 Å². The molecule has 0 amide bonds. The number of aliphatic imine (C=N–C) groups is 1. The number of allylic oxidation sites excluding steroid dienone is 1. The van der Waals surface area contributed by atoms with Crippen LogP contribution in [0.2, 0.25) is 5.02 Å². The van der Waals surface area contributed by atoms with Crippen molar-refractivity contribution in [1.82, 2.24) is 0 Å². The Morgan fingerprint density at radius 3 is 2.92 bits per heavy atom. The van der Waals surface area contributed by atoms with E-state index in [4.69, 9.17) is 17.3 Å². The number of hydrogen-bond donors (Lipinski definition) is 1. The van der Waals surface area contributed by atoms with Gasteiger partial charge in [0.2, 0.25) is 0 Å². The Kier molecular flexibility index (Phi) is 3.53. The predicted octanol–water partition coefficient (Wildman–Crippen LogP) is 2.90. The molecule has 13 heavy (non-hydrogen) atoms. The number of rotatable bonds is 2. The first kappa shape index (κ1) is 9.81. The molecule has 0 fully saturated rings. The second-order valence-electron chi connectivity index (χ2n) is 2.65. The summed E-state index contributed by atoms with van der Waals surface area (Å²) in [5.74, 6) is 0. The van der Waals surface area contributed by atoms with Gasteiger partial charge in [-0.2, -0.15) is 0 Å². The third-order valence-corrected chi connectivity index (χ3v) is 1.72. The zero-order valence-corrected chi connectivity index (χ0v) is 8.12. The third kappa shape index (κ3) is 3.30. The highest BCUT2D eigenvalue weighted by Crippen LogP contribution is 2.17. The summed E-state index contributed by atoms with van der Waals surface area (Å²) >= 11 is 5.78. The molecule has 0 bridgehead atoms. The van der Waals surface area contributed by atoms with Gasteiger partial charge in [0.05, 0.1) is 5.69 Å². The van der Waals surface area contributed by atoms with E-state index in [0.717, 1.165) is 11.3 Å². The maximum Gasteiger partial charge on any atom is 0.0644 e. The lowest BCUT2D eigenvalue weighted by molar-refractivity contribution is 1.46. The van der Waals surface area contributed by atoms with Crippen LogP contribution in [0, 0.1) is 0 Å². The molecule has 0 radical (unpaired) electrons. The van der Waals surface area contributed by atoms with E-state index in [2.05, 4.69) is 4.99 Å². The molecule has 0 spiro atoms. The number of halogens is 1. The van der Waals surface area contributed by atoms with Gasteiger partial charge in [-0.25, -0.2) is 0 Å². The molecule has 2 nitrogen and oxygen atoms in total. The van der Waals surface area contributed by atoms with Crippen molar-refractivity contribution in [2.75, 3.05) is 0 Å². The lowest BCUT2D eigenvalue weighted by Gasteiger charge is -1.93. The van der Waals surface area contributed by atoms with Crippen molar-refractivity contribution >= 4 is 23.5 Å². The van der Waals surface area contributed by atoms with Crippen LogP contribution in [-0.4, -0.2) is 6.21 Å². The van der Waals surface area contributed by atoms with Gasteiger partial charge in [0.15, 0.2) is 0 Å². The number of hydrogen-bond acceptors (Lipinski definition) is 2. The fourth-order valence-corrected chi connectivity index (χ4v) is 0.960. The second kappa shape index (κ2) is 4.67. The van der Waals surface area contributed by atoms with E-state index in [1.54, 1.807) is 12.3 Å². The predicted molar refractivity (Wildman–Crippen MR) is 57.5 cm³/mol. The highest BCUT2D eigenvalue weighted by atomic mass is 35.5. The monoisotopic (exact) mass is 194 g/mol. The Morgan fingerprint density at radius 1 is 1.54 bits per heavy atom. The molecule has 0 aliphatic carbocycles. The Bertz CT molecular complexity index is 343. The number of nitrogens with zero attached hydrogens (tertiary/aromatic N) is 1. The molecule has 1 aromatic carbocycles. The van der Waals surface area contributed by atoms with Crippen molar-refractivity contribution < 1.29 is 0 Å². The molecule has 0 heterocycles. The fourth-order valence-electron chi connectivity index (χ4n) is 0.776. The van der Waals surface area contributed by atoms with Crippen molar-refractivity contribution in [2.24, 2.45) is 10.7 Å². The van der Waals surface area contributed by atoms with Gasteiger partial charge in [0.1, 0.15) is 0 Å². The minimum atomic E-state index is 0.684. The smallest absolute Gasteiger partial charge is 0.0644 e. The quantitative estimate of drug-likeness (QED) is 0.723. The molecule has 3 heteroatoms. The second-order valence-corrected chi connectivity index (χ2v) is 3.09. The van der Waals surface area contributed by atoms with E-state index in [9.17, 15) is 0 Å². The van der Waals surface area contributed by atoms with Gasteiger partial charge < -0.3 is 5.73 Å². The lowest BCUT2D eigenvalue weighted by Crippen LogP contribution is -1.84. The number of nitrogens with two attached hydrogens (primary N) is 1. The van der Waals surface area contributed by atoms with Crippen molar-refractivity contribution in [3.63, 3.8) is 0 Å². The molecule has 0 aromatic heterocycles. The summed E-state index contributed by atoms with van der Waals surface area (Å²) in [5.41, 5.74) is 7.03. The van der Waals surface area contributed by atoms with Crippen LogP contribution in [-0.2, 0) is 0 Å². The molecule has 1 aromatic rings. The summed E-state index contributed by atoms with van der Waals surface area (Å²) in [6, 6.07) is 7.34. The molecule has 0 aliphatic heterocycles. The summed E-state index contributed by atoms with van der Waals surface area (Å²) in [6.45, 7) is 1.88. The normalized spacial score (nSPS) is 12.3. The van der Waals surface area contributed by atoms with Gasteiger partial charge >= 0.3 is 0 Å². The zero-order chi connectivity index (χ0) is 9.68. The van der Waals surface area contributed by atoms with Crippen LogP contribution in [0.3, 0.4) is 0 Å². The van der Waals surface area contributed by atoms with Crippen LogP contribution < -0.4 is 5.73 Å². The fraction of sp³-hybridized carbons (Fsp3) is 0.100. The van der Waals surface area contributed by atoms with E-state index >= 15 is 0 Å².